The third-order valence-electron chi connectivity index (χ3n) is 2.56. The Morgan fingerprint density at radius 2 is 2.21 bits per heavy atom. The highest BCUT2D eigenvalue weighted by Crippen LogP contribution is 2.10. The molecule has 0 amide bonds. The first kappa shape index (κ1) is 15.8. The summed E-state index contributed by atoms with van der Waals surface area (Å²) in [4.78, 5) is 4.10. The maximum Gasteiger partial charge on any atom is 0.191 e. The van der Waals surface area contributed by atoms with Gasteiger partial charge in [-0.1, -0.05) is 6.07 Å². The molecule has 4 nitrogen and oxygen atoms in total. The monoisotopic (exact) mass is 285 g/mol. The summed E-state index contributed by atoms with van der Waals surface area (Å²) in [5, 5.41) is 15.3. The molecule has 1 aromatic rings. The zero-order valence-corrected chi connectivity index (χ0v) is 12.1. The van der Waals surface area contributed by atoms with Crippen LogP contribution in [0.1, 0.15) is 11.1 Å². The van der Waals surface area contributed by atoms with E-state index in [9.17, 15) is 4.39 Å². The SMILES string of the molecule is CN=C(NCCSC)NCc1ccc(F)c(CO)c1. The number of aliphatic imine (C=N–C) groups is 1. The minimum absolute atomic E-state index is 0.291. The normalized spacial score (nSPS) is 11.5. The van der Waals surface area contributed by atoms with Crippen molar-refractivity contribution in [1.82, 2.24) is 10.6 Å². The minimum Gasteiger partial charge on any atom is -0.392 e. The number of aliphatic hydroxyl groups is 1. The van der Waals surface area contributed by atoms with Crippen LogP contribution in [0.5, 0.6) is 0 Å². The molecule has 6 heteroatoms. The van der Waals surface area contributed by atoms with E-state index in [1.165, 1.54) is 6.07 Å². The molecule has 0 saturated carbocycles. The standard InChI is InChI=1S/C13H20FN3OS/c1-15-13(16-5-6-19-2)17-8-10-3-4-12(14)11(7-10)9-18/h3-4,7,18H,5-6,8-9H2,1-2H3,(H2,15,16,17). The number of rotatable bonds is 6. The number of guanidine groups is 1. The van der Waals surface area contributed by atoms with Gasteiger partial charge >= 0.3 is 0 Å². The minimum atomic E-state index is -0.381. The van der Waals surface area contributed by atoms with Crippen LogP contribution in [0, 0.1) is 5.82 Å². The van der Waals surface area contributed by atoms with E-state index in [0.717, 1.165) is 17.9 Å². The van der Waals surface area contributed by atoms with Crippen LogP contribution in [0.25, 0.3) is 0 Å². The average molecular weight is 285 g/mol. The van der Waals surface area contributed by atoms with Crippen LogP contribution in [0.3, 0.4) is 0 Å². The number of hydrogen-bond acceptors (Lipinski definition) is 3. The molecule has 0 bridgehead atoms. The van der Waals surface area contributed by atoms with E-state index in [0.29, 0.717) is 18.1 Å². The molecular weight excluding hydrogens is 265 g/mol. The van der Waals surface area contributed by atoms with Gasteiger partial charge in [0.25, 0.3) is 0 Å². The van der Waals surface area contributed by atoms with Crippen molar-refractivity contribution in [3.63, 3.8) is 0 Å². The molecule has 0 aromatic heterocycles. The lowest BCUT2D eigenvalue weighted by molar-refractivity contribution is 0.275. The van der Waals surface area contributed by atoms with Gasteiger partial charge in [0.2, 0.25) is 0 Å². The Kier molecular flexibility index (Phi) is 7.28. The molecule has 0 atom stereocenters. The molecule has 0 unspecified atom stereocenters. The molecule has 106 valence electrons. The van der Waals surface area contributed by atoms with Crippen LogP contribution in [0.15, 0.2) is 23.2 Å². The Hall–Kier alpha value is -1.27. The zero-order valence-electron chi connectivity index (χ0n) is 11.2. The molecule has 0 heterocycles. The van der Waals surface area contributed by atoms with E-state index in [1.807, 2.05) is 6.26 Å². The van der Waals surface area contributed by atoms with Crippen molar-refractivity contribution in [3.8, 4) is 0 Å². The lowest BCUT2D eigenvalue weighted by Gasteiger charge is -2.12. The number of hydrogen-bond donors (Lipinski definition) is 3. The van der Waals surface area contributed by atoms with Gasteiger partial charge in [-0.25, -0.2) is 4.39 Å². The smallest absolute Gasteiger partial charge is 0.191 e. The second-order valence-corrected chi connectivity index (χ2v) is 4.91. The first-order valence-corrected chi connectivity index (χ1v) is 7.42. The van der Waals surface area contributed by atoms with Gasteiger partial charge in [0.05, 0.1) is 6.61 Å². The molecule has 0 saturated heterocycles. The van der Waals surface area contributed by atoms with E-state index in [2.05, 4.69) is 15.6 Å². The summed E-state index contributed by atoms with van der Waals surface area (Å²) in [6.45, 7) is 1.08. The van der Waals surface area contributed by atoms with Gasteiger partial charge in [-0.3, -0.25) is 4.99 Å². The Bertz CT molecular complexity index is 426. The summed E-state index contributed by atoms with van der Waals surface area (Å²) in [5.41, 5.74) is 1.21. The predicted octanol–water partition coefficient (Wildman–Crippen LogP) is 1.35. The number of nitrogens with zero attached hydrogens (tertiary/aromatic N) is 1. The van der Waals surface area contributed by atoms with E-state index in [1.54, 1.807) is 30.9 Å². The Morgan fingerprint density at radius 1 is 1.42 bits per heavy atom. The largest absolute Gasteiger partial charge is 0.392 e. The summed E-state index contributed by atoms with van der Waals surface area (Å²) in [6, 6.07) is 4.71. The topological polar surface area (TPSA) is 56.7 Å². The maximum absolute atomic E-state index is 13.2. The zero-order chi connectivity index (χ0) is 14.1. The summed E-state index contributed by atoms with van der Waals surface area (Å²) in [7, 11) is 1.71. The maximum atomic E-state index is 13.2. The highest BCUT2D eigenvalue weighted by molar-refractivity contribution is 7.98. The van der Waals surface area contributed by atoms with Crippen LogP contribution < -0.4 is 10.6 Å². The lowest BCUT2D eigenvalue weighted by Crippen LogP contribution is -2.37. The van der Waals surface area contributed by atoms with Crippen LogP contribution in [-0.4, -0.2) is 36.7 Å². The first-order chi connectivity index (χ1) is 9.21. The van der Waals surface area contributed by atoms with Crippen molar-refractivity contribution in [2.45, 2.75) is 13.2 Å². The van der Waals surface area contributed by atoms with Gasteiger partial charge in [0.1, 0.15) is 5.82 Å². The molecule has 1 aromatic carbocycles. The molecule has 19 heavy (non-hydrogen) atoms. The molecule has 0 aliphatic rings. The number of halogens is 1. The van der Waals surface area contributed by atoms with Crippen molar-refractivity contribution in [1.29, 1.82) is 0 Å². The second-order valence-electron chi connectivity index (χ2n) is 3.93. The third-order valence-corrected chi connectivity index (χ3v) is 3.18. The van der Waals surface area contributed by atoms with Gasteiger partial charge in [-0.2, -0.15) is 11.8 Å². The number of thioether (sulfide) groups is 1. The van der Waals surface area contributed by atoms with Crippen molar-refractivity contribution in [3.05, 3.63) is 35.1 Å². The van der Waals surface area contributed by atoms with Gasteiger partial charge in [-0.05, 0) is 24.0 Å². The van der Waals surface area contributed by atoms with Gasteiger partial charge < -0.3 is 15.7 Å². The number of benzene rings is 1. The van der Waals surface area contributed by atoms with Crippen molar-refractivity contribution >= 4 is 17.7 Å². The summed E-state index contributed by atoms with van der Waals surface area (Å²) in [5.74, 6) is 1.34. The Morgan fingerprint density at radius 3 is 2.84 bits per heavy atom. The van der Waals surface area contributed by atoms with E-state index in [-0.39, 0.29) is 12.4 Å². The highest BCUT2D eigenvalue weighted by atomic mass is 32.2. The fourth-order valence-electron chi connectivity index (χ4n) is 1.54. The Labute approximate surface area is 117 Å². The predicted molar refractivity (Wildman–Crippen MR) is 78.9 cm³/mol. The summed E-state index contributed by atoms with van der Waals surface area (Å²) in [6.07, 6.45) is 2.05. The second kappa shape index (κ2) is 8.77. The number of nitrogens with one attached hydrogen (secondary N) is 2. The fourth-order valence-corrected chi connectivity index (χ4v) is 1.84. The highest BCUT2D eigenvalue weighted by Gasteiger charge is 2.03. The molecule has 0 spiro atoms. The lowest BCUT2D eigenvalue weighted by atomic mass is 10.1. The van der Waals surface area contributed by atoms with E-state index in [4.69, 9.17) is 5.11 Å². The Balaban J connectivity index is 2.50. The average Bonchev–Trinajstić information content (AvgIpc) is 2.44. The quantitative estimate of drug-likeness (QED) is 0.419. The molecule has 0 aliphatic carbocycles. The fraction of sp³-hybridized carbons (Fsp3) is 0.462. The van der Waals surface area contributed by atoms with Crippen LogP contribution in [-0.2, 0) is 13.2 Å². The summed E-state index contributed by atoms with van der Waals surface area (Å²) < 4.78 is 13.2. The van der Waals surface area contributed by atoms with Gasteiger partial charge in [0, 0.05) is 31.5 Å². The molecule has 0 fully saturated rings. The molecular formula is C13H20FN3OS. The van der Waals surface area contributed by atoms with Crippen LogP contribution in [0.2, 0.25) is 0 Å². The molecule has 1 rings (SSSR count). The van der Waals surface area contributed by atoms with Gasteiger partial charge in [-0.15, -0.1) is 0 Å². The van der Waals surface area contributed by atoms with E-state index >= 15 is 0 Å². The number of aliphatic hydroxyl groups excluding tert-OH is 1. The molecule has 0 aliphatic heterocycles. The first-order valence-electron chi connectivity index (χ1n) is 6.03. The van der Waals surface area contributed by atoms with Crippen molar-refractivity contribution < 1.29 is 9.50 Å². The van der Waals surface area contributed by atoms with E-state index < -0.39 is 0 Å². The molecule has 3 N–H and O–H groups in total. The molecule has 0 radical (unpaired) electrons. The third kappa shape index (κ3) is 5.48. The van der Waals surface area contributed by atoms with Crippen LogP contribution >= 0.6 is 11.8 Å². The van der Waals surface area contributed by atoms with Crippen molar-refractivity contribution in [2.24, 2.45) is 4.99 Å². The van der Waals surface area contributed by atoms with Crippen LogP contribution in [0.4, 0.5) is 4.39 Å². The summed E-state index contributed by atoms with van der Waals surface area (Å²) >= 11 is 1.76. The van der Waals surface area contributed by atoms with Gasteiger partial charge in [0.15, 0.2) is 5.96 Å². The van der Waals surface area contributed by atoms with Crippen molar-refractivity contribution in [2.75, 3.05) is 25.6 Å².